The van der Waals surface area contributed by atoms with Crippen molar-refractivity contribution in [2.24, 2.45) is 5.92 Å². The van der Waals surface area contributed by atoms with E-state index in [4.69, 9.17) is 5.11 Å². The fourth-order valence-electron chi connectivity index (χ4n) is 3.41. The van der Waals surface area contributed by atoms with Gasteiger partial charge in [0, 0.05) is 24.9 Å². The highest BCUT2D eigenvalue weighted by atomic mass is 32.2. The number of carbonyl (C=O) groups is 2. The first-order chi connectivity index (χ1) is 12.9. The lowest BCUT2D eigenvalue weighted by Crippen LogP contribution is -2.44. The summed E-state index contributed by atoms with van der Waals surface area (Å²) in [5.74, 6) is -1.06. The lowest BCUT2D eigenvalue weighted by atomic mass is 9.93. The molecule has 3 rings (SSSR count). The van der Waals surface area contributed by atoms with Gasteiger partial charge in [-0.3, -0.25) is 9.59 Å². The Bertz CT molecular complexity index is 944. The standard InChI is InChI=1S/C19H22N2O5S/c22-18(21-10-8-14(9-11-21)12-19(23)24)13-20-27(25,26)17-7-3-5-15-4-1-2-6-16(15)17/h1-7,14,20H,8-13H2,(H,23,24). The molecule has 1 heterocycles. The number of sulfonamides is 1. The molecule has 0 atom stereocenters. The molecule has 0 unspecified atom stereocenters. The molecule has 8 heteroatoms. The number of benzene rings is 2. The molecule has 144 valence electrons. The number of fused-ring (bicyclic) bond motifs is 1. The van der Waals surface area contributed by atoms with Crippen LogP contribution in [0.25, 0.3) is 10.8 Å². The van der Waals surface area contributed by atoms with E-state index in [9.17, 15) is 18.0 Å². The Labute approximate surface area is 158 Å². The summed E-state index contributed by atoms with van der Waals surface area (Å²) in [4.78, 5) is 24.9. The fraction of sp³-hybridized carbons (Fsp3) is 0.368. The summed E-state index contributed by atoms with van der Waals surface area (Å²) >= 11 is 0. The van der Waals surface area contributed by atoms with Crippen molar-refractivity contribution < 1.29 is 23.1 Å². The van der Waals surface area contributed by atoms with Crippen molar-refractivity contribution in [1.82, 2.24) is 9.62 Å². The van der Waals surface area contributed by atoms with Crippen molar-refractivity contribution in [3.63, 3.8) is 0 Å². The summed E-state index contributed by atoms with van der Waals surface area (Å²) in [5, 5.41) is 10.3. The molecular formula is C19H22N2O5S. The summed E-state index contributed by atoms with van der Waals surface area (Å²) in [7, 11) is -3.82. The predicted octanol–water partition coefficient (Wildman–Crippen LogP) is 1.83. The van der Waals surface area contributed by atoms with Crippen LogP contribution in [0.5, 0.6) is 0 Å². The highest BCUT2D eigenvalue weighted by molar-refractivity contribution is 7.89. The third-order valence-electron chi connectivity index (χ3n) is 4.88. The van der Waals surface area contributed by atoms with Crippen LogP contribution in [-0.4, -0.2) is 49.9 Å². The number of amides is 1. The molecule has 0 radical (unpaired) electrons. The quantitative estimate of drug-likeness (QED) is 0.783. The van der Waals surface area contributed by atoms with Gasteiger partial charge in [-0.15, -0.1) is 0 Å². The number of hydrogen-bond donors (Lipinski definition) is 2. The molecule has 0 saturated carbocycles. The molecule has 0 spiro atoms. The van der Waals surface area contributed by atoms with Gasteiger partial charge in [-0.2, -0.15) is 0 Å². The van der Waals surface area contributed by atoms with Crippen LogP contribution in [0.15, 0.2) is 47.4 Å². The second kappa shape index (κ2) is 8.06. The Hall–Kier alpha value is -2.45. The van der Waals surface area contributed by atoms with E-state index < -0.39 is 16.0 Å². The summed E-state index contributed by atoms with van der Waals surface area (Å²) in [5.41, 5.74) is 0. The summed E-state index contributed by atoms with van der Waals surface area (Å²) in [6.07, 6.45) is 1.35. The highest BCUT2D eigenvalue weighted by Crippen LogP contribution is 2.23. The number of carbonyl (C=O) groups excluding carboxylic acids is 1. The third-order valence-corrected chi connectivity index (χ3v) is 6.34. The largest absolute Gasteiger partial charge is 0.481 e. The summed E-state index contributed by atoms with van der Waals surface area (Å²) in [6, 6.07) is 12.2. The van der Waals surface area contributed by atoms with E-state index in [0.29, 0.717) is 31.3 Å². The number of hydrogen-bond acceptors (Lipinski definition) is 4. The van der Waals surface area contributed by atoms with Crippen molar-refractivity contribution in [3.05, 3.63) is 42.5 Å². The van der Waals surface area contributed by atoms with Crippen LogP contribution in [0.1, 0.15) is 19.3 Å². The monoisotopic (exact) mass is 390 g/mol. The first-order valence-corrected chi connectivity index (χ1v) is 10.3. The van der Waals surface area contributed by atoms with Crippen molar-refractivity contribution in [3.8, 4) is 0 Å². The molecule has 2 aromatic carbocycles. The van der Waals surface area contributed by atoms with Gasteiger partial charge in [-0.05, 0) is 30.2 Å². The number of nitrogens with zero attached hydrogens (tertiary/aromatic N) is 1. The van der Waals surface area contributed by atoms with Gasteiger partial charge < -0.3 is 10.0 Å². The van der Waals surface area contributed by atoms with E-state index in [1.165, 1.54) is 6.07 Å². The van der Waals surface area contributed by atoms with Crippen molar-refractivity contribution in [2.45, 2.75) is 24.2 Å². The van der Waals surface area contributed by atoms with E-state index in [0.717, 1.165) is 5.39 Å². The van der Waals surface area contributed by atoms with Gasteiger partial charge in [0.1, 0.15) is 0 Å². The van der Waals surface area contributed by atoms with E-state index in [1.54, 1.807) is 23.1 Å². The molecule has 7 nitrogen and oxygen atoms in total. The zero-order valence-corrected chi connectivity index (χ0v) is 15.6. The van der Waals surface area contributed by atoms with Crippen LogP contribution < -0.4 is 4.72 Å². The molecule has 0 aromatic heterocycles. The molecule has 2 N–H and O–H groups in total. The number of carboxylic acid groups (broad SMARTS) is 1. The molecule has 1 fully saturated rings. The second-order valence-corrected chi connectivity index (χ2v) is 8.46. The molecule has 1 aliphatic heterocycles. The van der Waals surface area contributed by atoms with Crippen LogP contribution >= 0.6 is 0 Å². The minimum absolute atomic E-state index is 0.0684. The van der Waals surface area contributed by atoms with Gasteiger partial charge in [-0.25, -0.2) is 13.1 Å². The lowest BCUT2D eigenvalue weighted by molar-refractivity contribution is -0.138. The van der Waals surface area contributed by atoms with Crippen molar-refractivity contribution in [1.29, 1.82) is 0 Å². The zero-order valence-electron chi connectivity index (χ0n) is 14.8. The predicted molar refractivity (Wildman–Crippen MR) is 101 cm³/mol. The normalized spacial score (nSPS) is 15.8. The minimum atomic E-state index is -3.82. The Morgan fingerprint density at radius 2 is 1.74 bits per heavy atom. The molecule has 1 saturated heterocycles. The molecule has 1 aliphatic rings. The number of nitrogens with one attached hydrogen (secondary N) is 1. The third kappa shape index (κ3) is 4.64. The summed E-state index contributed by atoms with van der Waals surface area (Å²) in [6.45, 7) is 0.592. The highest BCUT2D eigenvalue weighted by Gasteiger charge is 2.25. The molecular weight excluding hydrogens is 368 g/mol. The van der Waals surface area contributed by atoms with Crippen molar-refractivity contribution >= 4 is 32.7 Å². The molecule has 27 heavy (non-hydrogen) atoms. The van der Waals surface area contributed by atoms with Crippen LogP contribution in [0.4, 0.5) is 0 Å². The van der Waals surface area contributed by atoms with Gasteiger partial charge in [0.15, 0.2) is 0 Å². The van der Waals surface area contributed by atoms with Gasteiger partial charge in [-0.1, -0.05) is 36.4 Å². The molecule has 1 amide bonds. The maximum Gasteiger partial charge on any atom is 0.303 e. The number of carboxylic acids is 1. The maximum atomic E-state index is 12.7. The van der Waals surface area contributed by atoms with Crippen molar-refractivity contribution in [2.75, 3.05) is 19.6 Å². The molecule has 2 aromatic rings. The first kappa shape index (κ1) is 19.3. The number of aliphatic carboxylic acids is 1. The maximum absolute atomic E-state index is 12.7. The minimum Gasteiger partial charge on any atom is -0.481 e. The summed E-state index contributed by atoms with van der Waals surface area (Å²) < 4.78 is 27.7. The molecule has 0 aliphatic carbocycles. The number of likely N-dealkylation sites (tertiary alicyclic amines) is 1. The lowest BCUT2D eigenvalue weighted by Gasteiger charge is -2.31. The zero-order chi connectivity index (χ0) is 19.4. The second-order valence-electron chi connectivity index (χ2n) is 6.72. The van der Waals surface area contributed by atoms with Crippen LogP contribution in [0, 0.1) is 5.92 Å². The van der Waals surface area contributed by atoms with Crippen LogP contribution in [-0.2, 0) is 19.6 Å². The average molecular weight is 390 g/mol. The van der Waals surface area contributed by atoms with Gasteiger partial charge >= 0.3 is 5.97 Å². The fourth-order valence-corrected chi connectivity index (χ4v) is 4.61. The first-order valence-electron chi connectivity index (χ1n) is 8.84. The Morgan fingerprint density at radius 1 is 1.07 bits per heavy atom. The van der Waals surface area contributed by atoms with E-state index in [-0.39, 0.29) is 29.7 Å². The van der Waals surface area contributed by atoms with Crippen LogP contribution in [0.2, 0.25) is 0 Å². The van der Waals surface area contributed by atoms with Gasteiger partial charge in [0.25, 0.3) is 0 Å². The Kier molecular flexibility index (Phi) is 5.76. The van der Waals surface area contributed by atoms with E-state index in [2.05, 4.69) is 4.72 Å². The smallest absolute Gasteiger partial charge is 0.303 e. The number of rotatable bonds is 6. The van der Waals surface area contributed by atoms with Crippen LogP contribution in [0.3, 0.4) is 0 Å². The van der Waals surface area contributed by atoms with Gasteiger partial charge in [0.05, 0.1) is 11.4 Å². The average Bonchev–Trinajstić information content (AvgIpc) is 2.66. The number of piperidine rings is 1. The topological polar surface area (TPSA) is 104 Å². The van der Waals surface area contributed by atoms with E-state index in [1.807, 2.05) is 18.2 Å². The van der Waals surface area contributed by atoms with Gasteiger partial charge in [0.2, 0.25) is 15.9 Å². The van der Waals surface area contributed by atoms with E-state index >= 15 is 0 Å². The Balaban J connectivity index is 1.62. The molecule has 0 bridgehead atoms. The Morgan fingerprint density at radius 3 is 2.44 bits per heavy atom. The SMILES string of the molecule is O=C(O)CC1CCN(C(=O)CNS(=O)(=O)c2cccc3ccccc23)CC1.